The second-order valence-electron chi connectivity index (χ2n) is 3.44. The van der Waals surface area contributed by atoms with E-state index < -0.39 is 0 Å². The van der Waals surface area contributed by atoms with E-state index in [1.54, 1.807) is 0 Å². The molecule has 2 rings (SSSR count). The maximum atomic E-state index is 5.88. The minimum absolute atomic E-state index is 0.920. The number of hydrogen-bond acceptors (Lipinski definition) is 2. The van der Waals surface area contributed by atoms with Gasteiger partial charge in [-0.2, -0.15) is 0 Å². The average molecular weight is 174 g/mol. The first kappa shape index (κ1) is 8.32. The summed E-state index contributed by atoms with van der Waals surface area (Å²) in [5.41, 5.74) is 9.46. The van der Waals surface area contributed by atoms with E-state index in [-0.39, 0.29) is 0 Å². The highest BCUT2D eigenvalue weighted by molar-refractivity contribution is 5.52. The SMILES string of the molecule is C=CCN1Cc2cccc(N)c2C1. The van der Waals surface area contributed by atoms with Crippen molar-refractivity contribution in [2.24, 2.45) is 0 Å². The number of nitrogens with two attached hydrogens (primary N) is 1. The molecule has 1 heterocycles. The van der Waals surface area contributed by atoms with E-state index in [1.807, 2.05) is 18.2 Å². The van der Waals surface area contributed by atoms with Crippen LogP contribution in [0.15, 0.2) is 30.9 Å². The summed E-state index contributed by atoms with van der Waals surface area (Å²) in [5.74, 6) is 0. The van der Waals surface area contributed by atoms with E-state index in [1.165, 1.54) is 11.1 Å². The van der Waals surface area contributed by atoms with Gasteiger partial charge >= 0.3 is 0 Å². The van der Waals surface area contributed by atoms with Crippen molar-refractivity contribution in [2.75, 3.05) is 12.3 Å². The Bertz CT molecular complexity index is 331. The molecule has 0 aliphatic carbocycles. The van der Waals surface area contributed by atoms with Gasteiger partial charge in [-0.05, 0) is 17.2 Å². The molecule has 0 aromatic heterocycles. The van der Waals surface area contributed by atoms with E-state index in [0.29, 0.717) is 0 Å². The highest BCUT2D eigenvalue weighted by Crippen LogP contribution is 2.26. The first-order chi connectivity index (χ1) is 6.31. The van der Waals surface area contributed by atoms with E-state index in [0.717, 1.165) is 25.3 Å². The van der Waals surface area contributed by atoms with Crippen LogP contribution in [0.3, 0.4) is 0 Å². The zero-order chi connectivity index (χ0) is 9.26. The Morgan fingerprint density at radius 1 is 1.46 bits per heavy atom. The number of nitrogen functional groups attached to an aromatic ring is 1. The second kappa shape index (κ2) is 3.23. The maximum absolute atomic E-state index is 5.88. The molecular formula is C11H14N2. The Morgan fingerprint density at radius 3 is 3.00 bits per heavy atom. The molecule has 0 spiro atoms. The molecular weight excluding hydrogens is 160 g/mol. The van der Waals surface area contributed by atoms with Gasteiger partial charge in [-0.25, -0.2) is 0 Å². The Kier molecular flexibility index (Phi) is 2.07. The Morgan fingerprint density at radius 2 is 2.31 bits per heavy atom. The van der Waals surface area contributed by atoms with Crippen molar-refractivity contribution in [1.29, 1.82) is 0 Å². The van der Waals surface area contributed by atoms with Crippen molar-refractivity contribution >= 4 is 5.69 Å². The maximum Gasteiger partial charge on any atom is 0.0363 e. The number of hydrogen-bond donors (Lipinski definition) is 1. The topological polar surface area (TPSA) is 29.3 Å². The summed E-state index contributed by atoms with van der Waals surface area (Å²) in [7, 11) is 0. The van der Waals surface area contributed by atoms with Crippen LogP contribution in [0.5, 0.6) is 0 Å². The lowest BCUT2D eigenvalue weighted by Gasteiger charge is -2.10. The molecule has 68 valence electrons. The molecule has 0 fully saturated rings. The summed E-state index contributed by atoms with van der Waals surface area (Å²) in [6.07, 6.45) is 1.93. The lowest BCUT2D eigenvalue weighted by molar-refractivity contribution is 0.317. The molecule has 1 aromatic rings. The molecule has 1 aliphatic heterocycles. The summed E-state index contributed by atoms with van der Waals surface area (Å²) in [6, 6.07) is 6.14. The third kappa shape index (κ3) is 1.45. The van der Waals surface area contributed by atoms with E-state index in [2.05, 4.69) is 17.5 Å². The van der Waals surface area contributed by atoms with Crippen LogP contribution in [0.1, 0.15) is 11.1 Å². The Hall–Kier alpha value is -1.28. The molecule has 2 nitrogen and oxygen atoms in total. The van der Waals surface area contributed by atoms with Gasteiger partial charge in [0.25, 0.3) is 0 Å². The van der Waals surface area contributed by atoms with Gasteiger partial charge in [0.2, 0.25) is 0 Å². The number of rotatable bonds is 2. The molecule has 0 unspecified atom stereocenters. The lowest BCUT2D eigenvalue weighted by Crippen LogP contribution is -2.15. The Balaban J connectivity index is 2.24. The van der Waals surface area contributed by atoms with Gasteiger partial charge in [-0.1, -0.05) is 18.2 Å². The van der Waals surface area contributed by atoms with Gasteiger partial charge in [0.1, 0.15) is 0 Å². The van der Waals surface area contributed by atoms with Crippen LogP contribution in [0.2, 0.25) is 0 Å². The lowest BCUT2D eigenvalue weighted by atomic mass is 10.1. The van der Waals surface area contributed by atoms with Crippen molar-refractivity contribution in [1.82, 2.24) is 4.90 Å². The standard InChI is InChI=1S/C11H14N2/c1-2-6-13-7-9-4-3-5-11(12)10(9)8-13/h2-5H,1,6-8,12H2. The quantitative estimate of drug-likeness (QED) is 0.547. The van der Waals surface area contributed by atoms with Crippen LogP contribution in [-0.4, -0.2) is 11.4 Å². The summed E-state index contributed by atoms with van der Waals surface area (Å²) in [6.45, 7) is 6.65. The number of benzene rings is 1. The number of fused-ring (bicyclic) bond motifs is 1. The molecule has 2 heteroatoms. The summed E-state index contributed by atoms with van der Waals surface area (Å²) >= 11 is 0. The number of nitrogens with zero attached hydrogens (tertiary/aromatic N) is 1. The van der Waals surface area contributed by atoms with E-state index >= 15 is 0 Å². The molecule has 0 atom stereocenters. The van der Waals surface area contributed by atoms with Gasteiger partial charge in [0, 0.05) is 25.3 Å². The van der Waals surface area contributed by atoms with Crippen molar-refractivity contribution in [2.45, 2.75) is 13.1 Å². The van der Waals surface area contributed by atoms with Crippen molar-refractivity contribution in [3.63, 3.8) is 0 Å². The summed E-state index contributed by atoms with van der Waals surface area (Å²) in [4.78, 5) is 2.33. The molecule has 0 amide bonds. The van der Waals surface area contributed by atoms with E-state index in [9.17, 15) is 0 Å². The minimum Gasteiger partial charge on any atom is -0.398 e. The molecule has 0 radical (unpaired) electrons. The third-order valence-electron chi connectivity index (χ3n) is 2.47. The van der Waals surface area contributed by atoms with E-state index in [4.69, 9.17) is 5.73 Å². The second-order valence-corrected chi connectivity index (χ2v) is 3.44. The largest absolute Gasteiger partial charge is 0.398 e. The molecule has 1 aromatic carbocycles. The predicted molar refractivity (Wildman–Crippen MR) is 55.2 cm³/mol. The zero-order valence-electron chi connectivity index (χ0n) is 7.66. The third-order valence-corrected chi connectivity index (χ3v) is 2.47. The summed E-state index contributed by atoms with van der Waals surface area (Å²) < 4.78 is 0. The molecule has 2 N–H and O–H groups in total. The molecule has 0 saturated carbocycles. The van der Waals surface area contributed by atoms with Crippen LogP contribution in [0, 0.1) is 0 Å². The predicted octanol–water partition coefficient (Wildman–Crippen LogP) is 1.77. The van der Waals surface area contributed by atoms with Gasteiger partial charge in [0.15, 0.2) is 0 Å². The minimum atomic E-state index is 0.920. The smallest absolute Gasteiger partial charge is 0.0363 e. The van der Waals surface area contributed by atoms with Crippen LogP contribution < -0.4 is 5.73 Å². The monoisotopic (exact) mass is 174 g/mol. The highest BCUT2D eigenvalue weighted by Gasteiger charge is 2.18. The van der Waals surface area contributed by atoms with Crippen molar-refractivity contribution in [3.8, 4) is 0 Å². The molecule has 13 heavy (non-hydrogen) atoms. The van der Waals surface area contributed by atoms with Crippen molar-refractivity contribution in [3.05, 3.63) is 42.0 Å². The first-order valence-corrected chi connectivity index (χ1v) is 4.50. The van der Waals surface area contributed by atoms with Crippen LogP contribution in [0.25, 0.3) is 0 Å². The van der Waals surface area contributed by atoms with Gasteiger partial charge < -0.3 is 5.73 Å². The Labute approximate surface area is 78.7 Å². The fraction of sp³-hybridized carbons (Fsp3) is 0.273. The average Bonchev–Trinajstić information content (AvgIpc) is 2.49. The highest BCUT2D eigenvalue weighted by atomic mass is 15.1. The molecule has 0 bridgehead atoms. The molecule has 0 saturated heterocycles. The van der Waals surface area contributed by atoms with Crippen LogP contribution >= 0.6 is 0 Å². The number of anilines is 1. The van der Waals surface area contributed by atoms with Gasteiger partial charge in [-0.15, -0.1) is 6.58 Å². The normalized spacial score (nSPS) is 15.7. The van der Waals surface area contributed by atoms with Crippen LogP contribution in [0.4, 0.5) is 5.69 Å². The van der Waals surface area contributed by atoms with Crippen molar-refractivity contribution < 1.29 is 0 Å². The fourth-order valence-electron chi connectivity index (χ4n) is 1.83. The first-order valence-electron chi connectivity index (χ1n) is 4.50. The fourth-order valence-corrected chi connectivity index (χ4v) is 1.83. The zero-order valence-corrected chi connectivity index (χ0v) is 7.66. The van der Waals surface area contributed by atoms with Crippen LogP contribution in [-0.2, 0) is 13.1 Å². The van der Waals surface area contributed by atoms with Gasteiger partial charge in [0.05, 0.1) is 0 Å². The summed E-state index contributed by atoms with van der Waals surface area (Å²) in [5, 5.41) is 0. The van der Waals surface area contributed by atoms with Gasteiger partial charge in [-0.3, -0.25) is 4.90 Å². The molecule has 1 aliphatic rings.